The Kier molecular flexibility index (Phi) is 8.40. The number of azo groups is 1. The lowest BCUT2D eigenvalue weighted by molar-refractivity contribution is -0.137. The lowest BCUT2D eigenvalue weighted by atomic mass is 9.93. The van der Waals surface area contributed by atoms with Crippen LogP contribution in [0.15, 0.2) is 74.7 Å². The molecule has 1 aromatic heterocycles. The first kappa shape index (κ1) is 25.0. The highest BCUT2D eigenvalue weighted by atomic mass is 19.3. The van der Waals surface area contributed by atoms with Crippen molar-refractivity contribution in [3.05, 3.63) is 71.4 Å². The van der Waals surface area contributed by atoms with E-state index in [1.165, 1.54) is 0 Å². The van der Waals surface area contributed by atoms with Crippen molar-refractivity contribution in [1.29, 1.82) is 0 Å². The van der Waals surface area contributed by atoms with E-state index >= 15 is 0 Å². The molecule has 4 rings (SSSR count). The van der Waals surface area contributed by atoms with E-state index in [-0.39, 0.29) is 31.3 Å². The number of aromatic nitrogens is 2. The predicted molar refractivity (Wildman–Crippen MR) is 123 cm³/mol. The Morgan fingerprint density at radius 2 is 1.97 bits per heavy atom. The third-order valence-corrected chi connectivity index (χ3v) is 5.40. The average Bonchev–Trinajstić information content (AvgIpc) is 3.37. The van der Waals surface area contributed by atoms with E-state index in [0.717, 1.165) is 5.57 Å². The molecule has 0 saturated heterocycles. The number of hydrogen-bond acceptors (Lipinski definition) is 8. The zero-order chi connectivity index (χ0) is 25.3. The maximum absolute atomic E-state index is 12.1. The summed E-state index contributed by atoms with van der Waals surface area (Å²) in [5, 5.41) is 17.5. The van der Waals surface area contributed by atoms with E-state index < -0.39 is 12.5 Å². The van der Waals surface area contributed by atoms with Crippen LogP contribution in [0, 0.1) is 5.92 Å². The fourth-order valence-electron chi connectivity index (χ4n) is 3.55. The number of allylic oxidation sites excluding steroid dienone is 3. The first-order valence-corrected chi connectivity index (χ1v) is 11.4. The number of benzene rings is 1. The molecule has 2 heterocycles. The highest BCUT2D eigenvalue weighted by molar-refractivity contribution is 5.86. The van der Waals surface area contributed by atoms with Crippen molar-refractivity contribution in [2.75, 3.05) is 13.1 Å². The maximum atomic E-state index is 12.1. The van der Waals surface area contributed by atoms with Crippen LogP contribution in [0.2, 0.25) is 0 Å². The van der Waals surface area contributed by atoms with Gasteiger partial charge in [-0.3, -0.25) is 9.59 Å². The number of carbonyl (C=O) groups is 2. The average molecular weight is 498 g/mol. The van der Waals surface area contributed by atoms with Crippen LogP contribution >= 0.6 is 0 Å². The molecule has 2 aliphatic rings. The fourth-order valence-corrected chi connectivity index (χ4v) is 3.55. The number of ether oxygens (including phenoxy) is 1. The summed E-state index contributed by atoms with van der Waals surface area (Å²) >= 11 is 0. The van der Waals surface area contributed by atoms with Gasteiger partial charge in [-0.05, 0) is 12.0 Å². The summed E-state index contributed by atoms with van der Waals surface area (Å²) in [5.41, 5.74) is 2.04. The van der Waals surface area contributed by atoms with E-state index in [0.29, 0.717) is 48.2 Å². The van der Waals surface area contributed by atoms with Crippen molar-refractivity contribution in [3.8, 4) is 11.4 Å². The largest absolute Gasteiger partial charge is 0.368 e. The van der Waals surface area contributed by atoms with Crippen molar-refractivity contribution in [3.63, 3.8) is 0 Å². The maximum Gasteiger partial charge on any atom is 0.345 e. The monoisotopic (exact) mass is 498 g/mol. The summed E-state index contributed by atoms with van der Waals surface area (Å²) in [5.74, 6) is 0.402. The van der Waals surface area contributed by atoms with Crippen molar-refractivity contribution in [2.24, 2.45) is 16.1 Å². The van der Waals surface area contributed by atoms with Crippen LogP contribution in [-0.4, -0.2) is 41.7 Å². The first-order valence-electron chi connectivity index (χ1n) is 11.4. The van der Waals surface area contributed by atoms with Crippen molar-refractivity contribution >= 4 is 11.8 Å². The quantitative estimate of drug-likeness (QED) is 0.429. The van der Waals surface area contributed by atoms with Gasteiger partial charge in [0.05, 0.1) is 12.5 Å². The Morgan fingerprint density at radius 1 is 1.14 bits per heavy atom. The topological polar surface area (TPSA) is 131 Å². The third kappa shape index (κ3) is 6.75. The minimum Gasteiger partial charge on any atom is -0.368 e. The number of fused-ring (bicyclic) bond motifs is 1. The smallest absolute Gasteiger partial charge is 0.345 e. The number of carbonyl (C=O) groups excluding carboxylic acids is 2. The lowest BCUT2D eigenvalue weighted by Crippen LogP contribution is -2.28. The third-order valence-electron chi connectivity index (χ3n) is 5.40. The molecule has 1 aliphatic carbocycles. The molecule has 10 nitrogen and oxygen atoms in total. The Morgan fingerprint density at radius 3 is 2.78 bits per heavy atom. The van der Waals surface area contributed by atoms with Crippen LogP contribution in [0.25, 0.3) is 11.4 Å². The standard InChI is InChI=1S/C24H24F2N6O4/c25-24(26)35-14-15-6-8-16(9-7-15)21-29-20(36-32-21)11-10-19(33)27-12-3-13-28-22-17-4-1-2-5-18(17)23(34)31-30-22/h1-2,4-9,18,24,28H,3,10-14H2,(H,27,33). The molecule has 0 saturated carbocycles. The second-order valence-corrected chi connectivity index (χ2v) is 7.97. The molecule has 2 aromatic rings. The van der Waals surface area contributed by atoms with Gasteiger partial charge in [0.15, 0.2) is 5.82 Å². The van der Waals surface area contributed by atoms with E-state index in [4.69, 9.17) is 4.52 Å². The van der Waals surface area contributed by atoms with Crippen LogP contribution < -0.4 is 10.6 Å². The Bertz CT molecular complexity index is 1200. The van der Waals surface area contributed by atoms with Gasteiger partial charge in [-0.1, -0.05) is 53.7 Å². The molecular formula is C24H24F2N6O4. The molecule has 188 valence electrons. The molecule has 0 fully saturated rings. The molecule has 0 bridgehead atoms. The number of nitrogens with zero attached hydrogens (tertiary/aromatic N) is 4. The number of rotatable bonds is 12. The molecule has 2 amide bonds. The van der Waals surface area contributed by atoms with E-state index in [1.807, 2.05) is 18.2 Å². The molecule has 0 spiro atoms. The van der Waals surface area contributed by atoms with Crippen molar-refractivity contribution in [1.82, 2.24) is 20.8 Å². The molecule has 12 heteroatoms. The number of nitrogens with one attached hydrogen (secondary N) is 2. The second kappa shape index (κ2) is 12.1. The zero-order valence-electron chi connectivity index (χ0n) is 19.2. The van der Waals surface area contributed by atoms with Crippen LogP contribution in [0.1, 0.15) is 24.3 Å². The van der Waals surface area contributed by atoms with Crippen molar-refractivity contribution in [2.45, 2.75) is 32.5 Å². The number of hydrogen-bond donors (Lipinski definition) is 2. The Balaban J connectivity index is 1.15. The van der Waals surface area contributed by atoms with Gasteiger partial charge < -0.3 is 19.9 Å². The Labute approximate surface area is 205 Å². The highest BCUT2D eigenvalue weighted by Crippen LogP contribution is 2.27. The van der Waals surface area contributed by atoms with Gasteiger partial charge in [-0.15, -0.1) is 10.2 Å². The van der Waals surface area contributed by atoms with Crippen molar-refractivity contribution < 1.29 is 27.6 Å². The van der Waals surface area contributed by atoms with Crippen LogP contribution in [0.4, 0.5) is 8.78 Å². The van der Waals surface area contributed by atoms with Gasteiger partial charge in [0.25, 0.3) is 5.91 Å². The van der Waals surface area contributed by atoms with Gasteiger partial charge in [0.2, 0.25) is 17.6 Å². The summed E-state index contributed by atoms with van der Waals surface area (Å²) < 4.78 is 33.7. The first-order chi connectivity index (χ1) is 17.5. The van der Waals surface area contributed by atoms with E-state index in [1.54, 1.807) is 30.3 Å². The summed E-state index contributed by atoms with van der Waals surface area (Å²) in [6.45, 7) is -2.00. The predicted octanol–water partition coefficient (Wildman–Crippen LogP) is 3.45. The number of amides is 2. The normalized spacial score (nSPS) is 16.5. The highest BCUT2D eigenvalue weighted by Gasteiger charge is 2.26. The fraction of sp³-hybridized carbons (Fsp3) is 0.333. The number of alkyl halides is 2. The molecule has 1 atom stereocenters. The minimum atomic E-state index is -2.82. The van der Waals surface area contributed by atoms with Gasteiger partial charge in [-0.2, -0.15) is 13.8 Å². The molecule has 1 aromatic carbocycles. The van der Waals surface area contributed by atoms with Gasteiger partial charge in [-0.25, -0.2) is 0 Å². The Hall–Kier alpha value is -4.06. The second-order valence-electron chi connectivity index (χ2n) is 7.97. The molecular weight excluding hydrogens is 474 g/mol. The summed E-state index contributed by atoms with van der Waals surface area (Å²) in [4.78, 5) is 28.2. The number of aryl methyl sites for hydroxylation is 1. The van der Waals surface area contributed by atoms with Crippen LogP contribution in [0.3, 0.4) is 0 Å². The zero-order valence-corrected chi connectivity index (χ0v) is 19.2. The molecule has 36 heavy (non-hydrogen) atoms. The van der Waals surface area contributed by atoms with Gasteiger partial charge in [0.1, 0.15) is 0 Å². The van der Waals surface area contributed by atoms with E-state index in [2.05, 4.69) is 35.7 Å². The molecule has 1 aliphatic heterocycles. The molecule has 0 radical (unpaired) electrons. The van der Waals surface area contributed by atoms with Gasteiger partial charge >= 0.3 is 6.61 Å². The minimum absolute atomic E-state index is 0.150. The summed E-state index contributed by atoms with van der Waals surface area (Å²) in [7, 11) is 0. The molecule has 2 N–H and O–H groups in total. The summed E-state index contributed by atoms with van der Waals surface area (Å²) in [6, 6.07) is 6.66. The molecule has 1 unspecified atom stereocenters. The number of halogens is 2. The SMILES string of the molecule is O=C(CCc1nc(-c2ccc(COC(F)F)cc2)no1)NCCCNC1=C2C=CC=CC2C(=O)N=N1. The summed E-state index contributed by atoms with van der Waals surface area (Å²) in [6.07, 6.45) is 8.40. The van der Waals surface area contributed by atoms with Gasteiger partial charge in [0, 0.05) is 37.1 Å². The van der Waals surface area contributed by atoms with Crippen LogP contribution in [0.5, 0.6) is 0 Å². The van der Waals surface area contributed by atoms with E-state index in [9.17, 15) is 18.4 Å². The lowest BCUT2D eigenvalue weighted by Gasteiger charge is -2.20. The van der Waals surface area contributed by atoms with Crippen LogP contribution in [-0.2, 0) is 27.4 Å².